The van der Waals surface area contributed by atoms with Crippen LogP contribution in [0.15, 0.2) is 12.3 Å². The number of nitrogens with two attached hydrogens (primary N) is 1. The van der Waals surface area contributed by atoms with Gasteiger partial charge in [0.1, 0.15) is 5.82 Å². The van der Waals surface area contributed by atoms with E-state index >= 15 is 0 Å². The average Bonchev–Trinajstić information content (AvgIpc) is 2.34. The first-order valence-electron chi connectivity index (χ1n) is 6.88. The van der Waals surface area contributed by atoms with E-state index in [1.807, 2.05) is 0 Å². The molecule has 1 saturated carbocycles. The summed E-state index contributed by atoms with van der Waals surface area (Å²) in [7, 11) is 0. The van der Waals surface area contributed by atoms with Gasteiger partial charge in [-0.25, -0.2) is 4.98 Å². The summed E-state index contributed by atoms with van der Waals surface area (Å²) in [5.41, 5.74) is 5.54. The molecule has 2 rings (SSSR count). The zero-order valence-corrected chi connectivity index (χ0v) is 11.7. The van der Waals surface area contributed by atoms with E-state index < -0.39 is 5.91 Å². The largest absolute Gasteiger partial charge is 0.366 e. The van der Waals surface area contributed by atoms with E-state index in [0.717, 1.165) is 12.8 Å². The van der Waals surface area contributed by atoms with E-state index in [0.29, 0.717) is 22.4 Å². The van der Waals surface area contributed by atoms with Crippen LogP contribution < -0.4 is 11.1 Å². The van der Waals surface area contributed by atoms with Crippen molar-refractivity contribution in [2.75, 3.05) is 5.32 Å². The number of rotatable bonds is 3. The van der Waals surface area contributed by atoms with E-state index in [-0.39, 0.29) is 0 Å². The fourth-order valence-corrected chi connectivity index (χ4v) is 2.69. The van der Waals surface area contributed by atoms with Crippen molar-refractivity contribution in [2.45, 2.75) is 51.0 Å². The molecule has 5 heteroatoms. The van der Waals surface area contributed by atoms with Crippen LogP contribution >= 0.6 is 11.6 Å². The summed E-state index contributed by atoms with van der Waals surface area (Å²) in [6.07, 6.45) is 10.2. The summed E-state index contributed by atoms with van der Waals surface area (Å²) in [5.74, 6) is 0.143. The molecule has 0 radical (unpaired) electrons. The number of hydrogen-bond donors (Lipinski definition) is 2. The lowest BCUT2D eigenvalue weighted by Crippen LogP contribution is -2.21. The molecule has 3 N–H and O–H groups in total. The highest BCUT2D eigenvalue weighted by atomic mass is 35.5. The Bertz CT molecular complexity index is 442. The van der Waals surface area contributed by atoms with Crippen molar-refractivity contribution in [3.05, 3.63) is 22.8 Å². The van der Waals surface area contributed by atoms with Crippen LogP contribution in [0.4, 0.5) is 5.82 Å². The molecule has 1 fully saturated rings. The van der Waals surface area contributed by atoms with Crippen LogP contribution in [0.5, 0.6) is 0 Å². The second-order valence-electron chi connectivity index (χ2n) is 5.11. The maximum atomic E-state index is 11.0. The van der Waals surface area contributed by atoms with Crippen LogP contribution in [0.25, 0.3) is 0 Å². The number of nitrogens with zero attached hydrogens (tertiary/aromatic N) is 1. The summed E-state index contributed by atoms with van der Waals surface area (Å²) in [4.78, 5) is 15.2. The van der Waals surface area contributed by atoms with Crippen LogP contribution in [0.2, 0.25) is 5.02 Å². The topological polar surface area (TPSA) is 68.0 Å². The molecule has 0 unspecified atom stereocenters. The molecule has 0 bridgehead atoms. The van der Waals surface area contributed by atoms with Gasteiger partial charge in [0.05, 0.1) is 10.6 Å². The molecule has 0 aromatic carbocycles. The number of halogens is 1. The fourth-order valence-electron chi connectivity index (χ4n) is 2.47. The molecule has 0 aliphatic heterocycles. The Morgan fingerprint density at radius 3 is 2.47 bits per heavy atom. The Morgan fingerprint density at radius 2 is 1.89 bits per heavy atom. The summed E-state index contributed by atoms with van der Waals surface area (Å²) in [5, 5.41) is 3.84. The van der Waals surface area contributed by atoms with Crippen LogP contribution in [0.3, 0.4) is 0 Å². The first-order chi connectivity index (χ1) is 9.16. The average molecular weight is 282 g/mol. The fraction of sp³-hybridized carbons (Fsp3) is 0.571. The number of pyridine rings is 1. The monoisotopic (exact) mass is 281 g/mol. The molecule has 1 amide bonds. The summed E-state index contributed by atoms with van der Waals surface area (Å²) in [6, 6.07) is 1.99. The van der Waals surface area contributed by atoms with Crippen molar-refractivity contribution in [2.24, 2.45) is 5.73 Å². The third kappa shape index (κ3) is 4.10. The molecule has 1 heterocycles. The molecule has 1 aromatic heterocycles. The molecular formula is C14H20ClN3O. The highest BCUT2D eigenvalue weighted by molar-refractivity contribution is 6.33. The summed E-state index contributed by atoms with van der Waals surface area (Å²) < 4.78 is 0. The van der Waals surface area contributed by atoms with E-state index in [1.165, 1.54) is 38.3 Å². The standard InChI is InChI=1S/C14H20ClN3O/c15-12-8-10(13(16)19)9-17-14(12)18-11-6-4-2-1-3-5-7-11/h8-9,11H,1-7H2,(H2,16,19)(H,17,18). The SMILES string of the molecule is NC(=O)c1cnc(NC2CCCCCCC2)c(Cl)c1. The Morgan fingerprint density at radius 1 is 1.26 bits per heavy atom. The van der Waals surface area contributed by atoms with Crippen LogP contribution in [-0.4, -0.2) is 16.9 Å². The molecule has 4 nitrogen and oxygen atoms in total. The van der Waals surface area contributed by atoms with Gasteiger partial charge in [-0.2, -0.15) is 0 Å². The molecule has 19 heavy (non-hydrogen) atoms. The van der Waals surface area contributed by atoms with Crippen LogP contribution in [0.1, 0.15) is 55.3 Å². The molecule has 1 aromatic rings. The normalized spacial score (nSPS) is 17.5. The van der Waals surface area contributed by atoms with E-state index in [1.54, 1.807) is 6.07 Å². The molecule has 0 atom stereocenters. The summed E-state index contributed by atoms with van der Waals surface area (Å²) in [6.45, 7) is 0. The summed E-state index contributed by atoms with van der Waals surface area (Å²) >= 11 is 6.13. The smallest absolute Gasteiger partial charge is 0.250 e. The van der Waals surface area contributed by atoms with Crippen molar-refractivity contribution in [1.29, 1.82) is 0 Å². The lowest BCUT2D eigenvalue weighted by atomic mass is 9.97. The number of amides is 1. The van der Waals surface area contributed by atoms with Crippen molar-refractivity contribution < 1.29 is 4.79 Å². The molecule has 1 aliphatic rings. The lowest BCUT2D eigenvalue weighted by Gasteiger charge is -2.22. The Kier molecular flexibility index (Phi) is 5.02. The van der Waals surface area contributed by atoms with Gasteiger partial charge in [0, 0.05) is 12.2 Å². The maximum absolute atomic E-state index is 11.0. The predicted molar refractivity (Wildman–Crippen MR) is 77.5 cm³/mol. The molecule has 0 spiro atoms. The van der Waals surface area contributed by atoms with Gasteiger partial charge < -0.3 is 11.1 Å². The predicted octanol–water partition coefficient (Wildman–Crippen LogP) is 3.36. The van der Waals surface area contributed by atoms with E-state index in [9.17, 15) is 4.79 Å². The Labute approximate surface area is 118 Å². The van der Waals surface area contributed by atoms with Gasteiger partial charge in [0.25, 0.3) is 0 Å². The Balaban J connectivity index is 2.03. The number of primary amides is 1. The van der Waals surface area contributed by atoms with Crippen molar-refractivity contribution >= 4 is 23.3 Å². The van der Waals surface area contributed by atoms with Crippen LogP contribution in [-0.2, 0) is 0 Å². The zero-order valence-electron chi connectivity index (χ0n) is 11.0. The highest BCUT2D eigenvalue weighted by Gasteiger charge is 2.14. The van der Waals surface area contributed by atoms with Crippen molar-refractivity contribution in [1.82, 2.24) is 4.98 Å². The molecule has 0 saturated heterocycles. The minimum Gasteiger partial charge on any atom is -0.366 e. The number of nitrogens with one attached hydrogen (secondary N) is 1. The zero-order chi connectivity index (χ0) is 13.7. The van der Waals surface area contributed by atoms with Gasteiger partial charge in [-0.15, -0.1) is 0 Å². The number of anilines is 1. The maximum Gasteiger partial charge on any atom is 0.250 e. The van der Waals surface area contributed by atoms with Gasteiger partial charge in [0.2, 0.25) is 5.91 Å². The quantitative estimate of drug-likeness (QED) is 0.893. The number of hydrogen-bond acceptors (Lipinski definition) is 3. The van der Waals surface area contributed by atoms with E-state index in [2.05, 4.69) is 10.3 Å². The number of carbonyl (C=O) groups is 1. The van der Waals surface area contributed by atoms with Gasteiger partial charge >= 0.3 is 0 Å². The Hall–Kier alpha value is -1.29. The van der Waals surface area contributed by atoms with Gasteiger partial charge in [0.15, 0.2) is 0 Å². The second-order valence-corrected chi connectivity index (χ2v) is 5.51. The van der Waals surface area contributed by atoms with Gasteiger partial charge in [-0.05, 0) is 18.9 Å². The highest BCUT2D eigenvalue weighted by Crippen LogP contribution is 2.24. The number of aromatic nitrogens is 1. The first-order valence-corrected chi connectivity index (χ1v) is 7.26. The number of carbonyl (C=O) groups excluding carboxylic acids is 1. The van der Waals surface area contributed by atoms with Gasteiger partial charge in [-0.3, -0.25) is 4.79 Å². The first kappa shape index (κ1) is 14.1. The molecular weight excluding hydrogens is 262 g/mol. The lowest BCUT2D eigenvalue weighted by molar-refractivity contribution is 0.1000. The van der Waals surface area contributed by atoms with Crippen molar-refractivity contribution in [3.63, 3.8) is 0 Å². The van der Waals surface area contributed by atoms with Crippen LogP contribution in [0, 0.1) is 0 Å². The minimum atomic E-state index is -0.507. The molecule has 104 valence electrons. The minimum absolute atomic E-state index is 0.341. The van der Waals surface area contributed by atoms with Gasteiger partial charge in [-0.1, -0.05) is 43.7 Å². The second kappa shape index (κ2) is 6.75. The third-order valence-electron chi connectivity index (χ3n) is 3.57. The van der Waals surface area contributed by atoms with E-state index in [4.69, 9.17) is 17.3 Å². The van der Waals surface area contributed by atoms with Crippen molar-refractivity contribution in [3.8, 4) is 0 Å². The molecule has 1 aliphatic carbocycles. The third-order valence-corrected chi connectivity index (χ3v) is 3.86.